The normalized spacial score (nSPS) is 15.8. The van der Waals surface area contributed by atoms with E-state index in [1.807, 2.05) is 19.1 Å². The van der Waals surface area contributed by atoms with Crippen LogP contribution in [0.4, 0.5) is 5.69 Å². The molecular formula is C14H16N4O2S. The lowest BCUT2D eigenvalue weighted by molar-refractivity contribution is -0.133. The summed E-state index contributed by atoms with van der Waals surface area (Å²) in [6.45, 7) is 3.08. The van der Waals surface area contributed by atoms with Gasteiger partial charge in [-0.05, 0) is 19.1 Å². The molecule has 2 aromatic heterocycles. The Bertz CT molecular complexity index is 740. The maximum Gasteiger partial charge on any atom is 0.266 e. The van der Waals surface area contributed by atoms with E-state index in [1.165, 1.54) is 11.3 Å². The second-order valence-electron chi connectivity index (χ2n) is 5.19. The summed E-state index contributed by atoms with van der Waals surface area (Å²) in [7, 11) is 1.74. The number of piperazine rings is 1. The van der Waals surface area contributed by atoms with Gasteiger partial charge in [0.05, 0.1) is 5.69 Å². The molecule has 110 valence electrons. The molecule has 0 saturated carbocycles. The molecule has 21 heavy (non-hydrogen) atoms. The van der Waals surface area contributed by atoms with Crippen molar-refractivity contribution in [3.8, 4) is 0 Å². The third-order valence-corrected chi connectivity index (χ3v) is 4.77. The number of nitrogens with two attached hydrogens (primary N) is 1. The second kappa shape index (κ2) is 5.00. The van der Waals surface area contributed by atoms with E-state index >= 15 is 0 Å². The first-order valence-corrected chi connectivity index (χ1v) is 7.48. The fraction of sp³-hybridized carbons (Fsp3) is 0.357. The number of nitrogens with zero attached hydrogens (tertiary/aromatic N) is 3. The van der Waals surface area contributed by atoms with Crippen molar-refractivity contribution >= 4 is 39.1 Å². The average Bonchev–Trinajstić information content (AvgIpc) is 2.77. The van der Waals surface area contributed by atoms with Gasteiger partial charge in [-0.15, -0.1) is 11.3 Å². The van der Waals surface area contributed by atoms with E-state index in [0.717, 1.165) is 15.9 Å². The molecule has 0 aromatic carbocycles. The number of likely N-dealkylation sites (N-methyl/N-ethyl adjacent to an activating group) is 1. The van der Waals surface area contributed by atoms with Gasteiger partial charge in [0.25, 0.3) is 5.91 Å². The predicted molar refractivity (Wildman–Crippen MR) is 82.3 cm³/mol. The highest BCUT2D eigenvalue weighted by atomic mass is 32.1. The summed E-state index contributed by atoms with van der Waals surface area (Å²) in [5.74, 6) is -0.238. The fourth-order valence-corrected chi connectivity index (χ4v) is 3.43. The Hall–Kier alpha value is -2.15. The van der Waals surface area contributed by atoms with Gasteiger partial charge in [0, 0.05) is 31.2 Å². The highest BCUT2D eigenvalue weighted by molar-refractivity contribution is 7.21. The monoisotopic (exact) mass is 304 g/mol. The van der Waals surface area contributed by atoms with Crippen LogP contribution in [0.3, 0.4) is 0 Å². The van der Waals surface area contributed by atoms with E-state index in [1.54, 1.807) is 16.8 Å². The van der Waals surface area contributed by atoms with E-state index in [0.29, 0.717) is 23.7 Å². The minimum Gasteiger partial charge on any atom is -0.397 e. The number of amides is 2. The number of pyridine rings is 1. The van der Waals surface area contributed by atoms with Crippen LogP contribution in [0, 0.1) is 6.92 Å². The van der Waals surface area contributed by atoms with Gasteiger partial charge in [0.2, 0.25) is 5.91 Å². The Morgan fingerprint density at radius 1 is 1.38 bits per heavy atom. The summed E-state index contributed by atoms with van der Waals surface area (Å²) in [6, 6.07) is 3.76. The zero-order valence-corrected chi connectivity index (χ0v) is 12.7. The number of nitrogen functional groups attached to an aromatic ring is 1. The van der Waals surface area contributed by atoms with E-state index in [9.17, 15) is 9.59 Å². The summed E-state index contributed by atoms with van der Waals surface area (Å²) in [5, 5.41) is 0.800. The van der Waals surface area contributed by atoms with Crippen LogP contribution in [0.25, 0.3) is 10.2 Å². The number of aromatic nitrogens is 1. The van der Waals surface area contributed by atoms with Crippen LogP contribution in [0.2, 0.25) is 0 Å². The predicted octanol–water partition coefficient (Wildman–Crippen LogP) is 1.10. The molecule has 0 spiro atoms. The Labute approximate surface area is 126 Å². The first-order chi connectivity index (χ1) is 9.97. The number of rotatable bonds is 1. The third kappa shape index (κ3) is 2.33. The minimum atomic E-state index is -0.186. The lowest BCUT2D eigenvalue weighted by atomic mass is 10.2. The Morgan fingerprint density at radius 2 is 2.14 bits per heavy atom. The van der Waals surface area contributed by atoms with Crippen molar-refractivity contribution in [2.24, 2.45) is 0 Å². The second-order valence-corrected chi connectivity index (χ2v) is 6.19. The van der Waals surface area contributed by atoms with Crippen molar-refractivity contribution in [2.45, 2.75) is 6.92 Å². The molecule has 1 fully saturated rings. The van der Waals surface area contributed by atoms with Crippen molar-refractivity contribution in [2.75, 3.05) is 32.4 Å². The highest BCUT2D eigenvalue weighted by Gasteiger charge is 2.28. The van der Waals surface area contributed by atoms with Gasteiger partial charge in [-0.1, -0.05) is 0 Å². The number of fused-ring (bicyclic) bond motifs is 1. The van der Waals surface area contributed by atoms with E-state index < -0.39 is 0 Å². The van der Waals surface area contributed by atoms with Crippen LogP contribution in [-0.2, 0) is 4.79 Å². The highest BCUT2D eigenvalue weighted by Crippen LogP contribution is 2.33. The van der Waals surface area contributed by atoms with E-state index in [4.69, 9.17) is 5.73 Å². The van der Waals surface area contributed by atoms with Crippen molar-refractivity contribution in [3.05, 3.63) is 22.7 Å². The maximum absolute atomic E-state index is 12.6. The molecule has 3 rings (SSSR count). The number of hydrogen-bond donors (Lipinski definition) is 1. The molecule has 7 heteroatoms. The summed E-state index contributed by atoms with van der Waals surface area (Å²) in [5.41, 5.74) is 7.43. The van der Waals surface area contributed by atoms with Gasteiger partial charge in [-0.2, -0.15) is 0 Å². The molecule has 1 aliphatic rings. The maximum atomic E-state index is 12.6. The van der Waals surface area contributed by atoms with Crippen molar-refractivity contribution in [1.82, 2.24) is 14.8 Å². The Morgan fingerprint density at radius 3 is 2.86 bits per heavy atom. The zero-order valence-electron chi connectivity index (χ0n) is 11.9. The quantitative estimate of drug-likeness (QED) is 0.855. The molecule has 0 unspecified atom stereocenters. The molecule has 0 aliphatic carbocycles. The summed E-state index contributed by atoms with van der Waals surface area (Å²) < 4.78 is 0. The zero-order chi connectivity index (χ0) is 15.1. The molecule has 2 amide bonds. The first-order valence-electron chi connectivity index (χ1n) is 6.66. The van der Waals surface area contributed by atoms with Crippen molar-refractivity contribution in [1.29, 1.82) is 0 Å². The van der Waals surface area contributed by atoms with Crippen LogP contribution < -0.4 is 5.73 Å². The Kier molecular flexibility index (Phi) is 3.29. The first kappa shape index (κ1) is 13.8. The molecule has 1 saturated heterocycles. The van der Waals surface area contributed by atoms with Crippen LogP contribution in [0.5, 0.6) is 0 Å². The van der Waals surface area contributed by atoms with Crippen molar-refractivity contribution < 1.29 is 9.59 Å². The molecule has 0 bridgehead atoms. The largest absolute Gasteiger partial charge is 0.397 e. The average molecular weight is 304 g/mol. The smallest absolute Gasteiger partial charge is 0.266 e. The fourth-order valence-electron chi connectivity index (χ4n) is 2.32. The van der Waals surface area contributed by atoms with E-state index in [-0.39, 0.29) is 18.4 Å². The molecule has 6 nitrogen and oxygen atoms in total. The van der Waals surface area contributed by atoms with E-state index in [2.05, 4.69) is 4.98 Å². The SMILES string of the molecule is Cc1ccc2c(N)c(C(=O)N3CCN(C)C(=O)C3)sc2n1. The topological polar surface area (TPSA) is 79.5 Å². The summed E-state index contributed by atoms with van der Waals surface area (Å²) in [4.78, 5) is 33.1. The third-order valence-electron chi connectivity index (χ3n) is 3.67. The minimum absolute atomic E-state index is 0.0525. The number of hydrogen-bond acceptors (Lipinski definition) is 5. The molecule has 0 atom stereocenters. The number of carbonyl (C=O) groups excluding carboxylic acids is 2. The lowest BCUT2D eigenvalue weighted by Crippen LogP contribution is -2.50. The van der Waals surface area contributed by atoms with Crippen LogP contribution in [-0.4, -0.2) is 53.3 Å². The number of aryl methyl sites for hydroxylation is 1. The lowest BCUT2D eigenvalue weighted by Gasteiger charge is -2.31. The van der Waals surface area contributed by atoms with Crippen LogP contribution in [0.15, 0.2) is 12.1 Å². The molecule has 1 aliphatic heterocycles. The van der Waals surface area contributed by atoms with Crippen LogP contribution in [0.1, 0.15) is 15.4 Å². The summed E-state index contributed by atoms with van der Waals surface area (Å²) in [6.07, 6.45) is 0. The number of carbonyl (C=O) groups is 2. The number of anilines is 1. The van der Waals surface area contributed by atoms with Gasteiger partial charge >= 0.3 is 0 Å². The molecule has 2 N–H and O–H groups in total. The van der Waals surface area contributed by atoms with Crippen LogP contribution >= 0.6 is 11.3 Å². The molecular weight excluding hydrogens is 288 g/mol. The van der Waals surface area contributed by atoms with Gasteiger partial charge in [0.1, 0.15) is 16.3 Å². The molecule has 0 radical (unpaired) electrons. The standard InChI is InChI=1S/C14H16N4O2S/c1-8-3-4-9-11(15)12(21-13(9)16-8)14(20)18-6-5-17(2)10(19)7-18/h3-4H,5-7,15H2,1-2H3. The van der Waals surface area contributed by atoms with Gasteiger partial charge < -0.3 is 15.5 Å². The Balaban J connectivity index is 1.95. The molecule has 2 aromatic rings. The van der Waals surface area contributed by atoms with Gasteiger partial charge in [-0.3, -0.25) is 9.59 Å². The molecule has 3 heterocycles. The summed E-state index contributed by atoms with van der Waals surface area (Å²) >= 11 is 1.29. The van der Waals surface area contributed by atoms with Gasteiger partial charge in [0.15, 0.2) is 0 Å². The number of thiophene rings is 1. The van der Waals surface area contributed by atoms with Crippen molar-refractivity contribution in [3.63, 3.8) is 0 Å². The van der Waals surface area contributed by atoms with Gasteiger partial charge in [-0.25, -0.2) is 4.98 Å².